The van der Waals surface area contributed by atoms with Crippen molar-refractivity contribution in [1.82, 2.24) is 0 Å². The van der Waals surface area contributed by atoms with Crippen molar-refractivity contribution in [2.45, 2.75) is 45.3 Å². The average Bonchev–Trinajstić information content (AvgIpc) is 2.76. The fraction of sp³-hybridized carbons (Fsp3) is 0.562. The SMILES string of the molecule is CC(C)(C)[C@@H]1OC(=O)[C@@](CBr)(Cc2ccc(C(F)(F)F)cc2)O1. The van der Waals surface area contributed by atoms with Gasteiger partial charge in [0.2, 0.25) is 6.29 Å². The smallest absolute Gasteiger partial charge is 0.416 e. The molecule has 128 valence electrons. The fourth-order valence-electron chi connectivity index (χ4n) is 2.22. The predicted molar refractivity (Wildman–Crippen MR) is 82.1 cm³/mol. The number of halogens is 4. The van der Waals surface area contributed by atoms with Crippen molar-refractivity contribution in [3.8, 4) is 0 Å². The summed E-state index contributed by atoms with van der Waals surface area (Å²) in [5.74, 6) is -0.505. The third kappa shape index (κ3) is 3.88. The number of esters is 1. The third-order valence-corrected chi connectivity index (χ3v) is 4.52. The highest BCUT2D eigenvalue weighted by Gasteiger charge is 2.52. The zero-order chi connectivity index (χ0) is 17.5. The second-order valence-corrected chi connectivity index (χ2v) is 7.28. The Hall–Kier alpha value is -1.08. The van der Waals surface area contributed by atoms with Crippen LogP contribution in [0.2, 0.25) is 0 Å². The lowest BCUT2D eigenvalue weighted by Gasteiger charge is -2.27. The Balaban J connectivity index is 2.21. The highest BCUT2D eigenvalue weighted by atomic mass is 79.9. The minimum absolute atomic E-state index is 0.141. The van der Waals surface area contributed by atoms with Crippen molar-refractivity contribution < 1.29 is 27.4 Å². The molecular formula is C16H18BrF3O3. The topological polar surface area (TPSA) is 35.5 Å². The van der Waals surface area contributed by atoms with Gasteiger partial charge < -0.3 is 9.47 Å². The maximum absolute atomic E-state index is 12.6. The Labute approximate surface area is 141 Å². The quantitative estimate of drug-likeness (QED) is 0.565. The summed E-state index contributed by atoms with van der Waals surface area (Å²) < 4.78 is 49.0. The van der Waals surface area contributed by atoms with Crippen LogP contribution in [0.1, 0.15) is 31.9 Å². The number of rotatable bonds is 3. The number of hydrogen-bond donors (Lipinski definition) is 0. The minimum Gasteiger partial charge on any atom is -0.433 e. The second-order valence-electron chi connectivity index (χ2n) is 6.72. The second kappa shape index (κ2) is 6.09. The zero-order valence-corrected chi connectivity index (χ0v) is 14.6. The molecule has 23 heavy (non-hydrogen) atoms. The van der Waals surface area contributed by atoms with Gasteiger partial charge in [-0.2, -0.15) is 13.2 Å². The average molecular weight is 395 g/mol. The molecular weight excluding hydrogens is 377 g/mol. The van der Waals surface area contributed by atoms with Gasteiger partial charge in [0.1, 0.15) is 0 Å². The van der Waals surface area contributed by atoms with Gasteiger partial charge in [-0.15, -0.1) is 0 Å². The molecule has 2 rings (SSSR count). The van der Waals surface area contributed by atoms with Gasteiger partial charge in [-0.25, -0.2) is 4.79 Å². The Kier molecular flexibility index (Phi) is 4.84. The Bertz CT molecular complexity index is 578. The number of carbonyl (C=O) groups is 1. The van der Waals surface area contributed by atoms with E-state index in [2.05, 4.69) is 15.9 Å². The standard InChI is InChI=1S/C16H18BrF3O3/c1-14(2,3)13-22-12(21)15(9-17,23-13)8-10-4-6-11(7-5-10)16(18,19)20/h4-7,13H,8-9H2,1-3H3/t13-,15+/m1/s1. The summed E-state index contributed by atoms with van der Waals surface area (Å²) >= 11 is 3.27. The first-order valence-electron chi connectivity index (χ1n) is 7.09. The normalized spacial score (nSPS) is 25.5. The van der Waals surface area contributed by atoms with E-state index in [1.807, 2.05) is 20.8 Å². The van der Waals surface area contributed by atoms with Crippen LogP contribution in [-0.2, 0) is 26.9 Å². The highest BCUT2D eigenvalue weighted by molar-refractivity contribution is 9.09. The first kappa shape index (κ1) is 18.3. The maximum atomic E-state index is 12.6. The van der Waals surface area contributed by atoms with Crippen LogP contribution < -0.4 is 0 Å². The van der Waals surface area contributed by atoms with E-state index in [1.165, 1.54) is 12.1 Å². The molecule has 7 heteroatoms. The van der Waals surface area contributed by atoms with Gasteiger partial charge >= 0.3 is 12.1 Å². The number of carbonyl (C=O) groups excluding carboxylic acids is 1. The van der Waals surface area contributed by atoms with Crippen LogP contribution in [0.15, 0.2) is 24.3 Å². The third-order valence-electron chi connectivity index (χ3n) is 3.61. The molecule has 2 atom stereocenters. The molecule has 0 aliphatic carbocycles. The summed E-state index contributed by atoms with van der Waals surface area (Å²) in [5.41, 5.74) is -1.77. The molecule has 1 aliphatic rings. The molecule has 1 heterocycles. The van der Waals surface area contributed by atoms with E-state index in [9.17, 15) is 18.0 Å². The Morgan fingerprint density at radius 1 is 1.17 bits per heavy atom. The van der Waals surface area contributed by atoms with E-state index in [0.29, 0.717) is 5.56 Å². The van der Waals surface area contributed by atoms with Crippen molar-refractivity contribution in [2.75, 3.05) is 5.33 Å². The number of benzene rings is 1. The summed E-state index contributed by atoms with van der Waals surface area (Å²) in [6.45, 7) is 5.65. The molecule has 0 unspecified atom stereocenters. The van der Waals surface area contributed by atoms with Crippen LogP contribution in [0.3, 0.4) is 0 Å². The molecule has 0 bridgehead atoms. The summed E-state index contributed by atoms with van der Waals surface area (Å²) in [7, 11) is 0. The molecule has 1 saturated heterocycles. The van der Waals surface area contributed by atoms with E-state index in [1.54, 1.807) is 0 Å². The maximum Gasteiger partial charge on any atom is 0.416 e. The molecule has 0 saturated carbocycles. The minimum atomic E-state index is -4.38. The van der Waals surface area contributed by atoms with Crippen molar-refractivity contribution >= 4 is 21.9 Å². The van der Waals surface area contributed by atoms with Gasteiger partial charge in [0.25, 0.3) is 0 Å². The van der Waals surface area contributed by atoms with E-state index >= 15 is 0 Å². The van der Waals surface area contributed by atoms with Gasteiger partial charge in [0, 0.05) is 17.2 Å². The van der Waals surface area contributed by atoms with E-state index in [0.717, 1.165) is 12.1 Å². The van der Waals surface area contributed by atoms with Gasteiger partial charge in [-0.05, 0) is 17.7 Å². The van der Waals surface area contributed by atoms with Crippen molar-refractivity contribution in [3.05, 3.63) is 35.4 Å². The molecule has 0 aromatic heterocycles. The lowest BCUT2D eigenvalue weighted by molar-refractivity contribution is -0.155. The van der Waals surface area contributed by atoms with Crippen LogP contribution in [0.5, 0.6) is 0 Å². The van der Waals surface area contributed by atoms with Gasteiger partial charge in [0.15, 0.2) is 5.60 Å². The van der Waals surface area contributed by atoms with Crippen molar-refractivity contribution in [1.29, 1.82) is 0 Å². The fourth-order valence-corrected chi connectivity index (χ4v) is 2.78. The van der Waals surface area contributed by atoms with Crippen LogP contribution in [-0.4, -0.2) is 23.2 Å². The molecule has 3 nitrogen and oxygen atoms in total. The van der Waals surface area contributed by atoms with E-state index in [4.69, 9.17) is 9.47 Å². The monoisotopic (exact) mass is 394 g/mol. The molecule has 0 spiro atoms. The lowest BCUT2D eigenvalue weighted by Crippen LogP contribution is -2.41. The zero-order valence-electron chi connectivity index (χ0n) is 13.0. The number of hydrogen-bond acceptors (Lipinski definition) is 3. The van der Waals surface area contributed by atoms with Gasteiger partial charge in [-0.3, -0.25) is 0 Å². The number of alkyl halides is 4. The molecule has 0 amide bonds. The summed E-state index contributed by atoms with van der Waals surface area (Å²) in [6, 6.07) is 4.71. The molecule has 0 radical (unpaired) electrons. The van der Waals surface area contributed by atoms with Crippen LogP contribution in [0.4, 0.5) is 13.2 Å². The Morgan fingerprint density at radius 3 is 2.13 bits per heavy atom. The van der Waals surface area contributed by atoms with Crippen molar-refractivity contribution in [2.24, 2.45) is 5.41 Å². The first-order chi connectivity index (χ1) is 10.5. The molecule has 1 fully saturated rings. The predicted octanol–water partition coefficient (Wildman–Crippen LogP) is 4.33. The van der Waals surface area contributed by atoms with Gasteiger partial charge in [0.05, 0.1) is 5.56 Å². The summed E-state index contributed by atoms with van der Waals surface area (Å²) in [4.78, 5) is 12.3. The highest BCUT2D eigenvalue weighted by Crippen LogP contribution is 2.38. The van der Waals surface area contributed by atoms with E-state index in [-0.39, 0.29) is 17.2 Å². The van der Waals surface area contributed by atoms with Crippen LogP contribution >= 0.6 is 15.9 Å². The molecule has 1 aliphatic heterocycles. The summed E-state index contributed by atoms with van der Waals surface area (Å²) in [6.07, 6.45) is -4.94. The summed E-state index contributed by atoms with van der Waals surface area (Å²) in [5, 5.41) is 0.201. The molecule has 0 N–H and O–H groups in total. The molecule has 1 aromatic rings. The largest absolute Gasteiger partial charge is 0.433 e. The van der Waals surface area contributed by atoms with Crippen molar-refractivity contribution in [3.63, 3.8) is 0 Å². The molecule has 1 aromatic carbocycles. The lowest BCUT2D eigenvalue weighted by atomic mass is 9.94. The number of ether oxygens (including phenoxy) is 2. The van der Waals surface area contributed by atoms with Crippen LogP contribution in [0, 0.1) is 5.41 Å². The van der Waals surface area contributed by atoms with Gasteiger partial charge in [-0.1, -0.05) is 48.8 Å². The number of cyclic esters (lactones) is 1. The van der Waals surface area contributed by atoms with E-state index < -0.39 is 29.6 Å². The van der Waals surface area contributed by atoms with Crippen LogP contribution in [0.25, 0.3) is 0 Å². The first-order valence-corrected chi connectivity index (χ1v) is 8.21. The Morgan fingerprint density at radius 2 is 1.74 bits per heavy atom.